The molecule has 0 spiro atoms. The minimum Gasteiger partial charge on any atom is -0.492 e. The third kappa shape index (κ3) is 4.11. The molecule has 1 aliphatic heterocycles. The molecule has 0 bridgehead atoms. The molecule has 6 heteroatoms. The van der Waals surface area contributed by atoms with Crippen LogP contribution in [-0.2, 0) is 6.18 Å². The van der Waals surface area contributed by atoms with E-state index in [4.69, 9.17) is 4.74 Å². The van der Waals surface area contributed by atoms with E-state index in [2.05, 4.69) is 0 Å². The lowest BCUT2D eigenvalue weighted by molar-refractivity contribution is -0.139. The largest absolute Gasteiger partial charge is 0.492 e. The van der Waals surface area contributed by atoms with Crippen molar-refractivity contribution in [2.75, 3.05) is 26.2 Å². The number of likely N-dealkylation sites (tertiary alicyclic amines) is 1. The lowest BCUT2D eigenvalue weighted by atomic mass is 10.1. The molecule has 1 atom stereocenters. The lowest BCUT2D eigenvalue weighted by Crippen LogP contribution is -2.40. The van der Waals surface area contributed by atoms with E-state index in [1.54, 1.807) is 0 Å². The highest BCUT2D eigenvalue weighted by Crippen LogP contribution is 2.35. The lowest BCUT2D eigenvalue weighted by Gasteiger charge is -2.29. The first kappa shape index (κ1) is 15.1. The number of benzene rings is 1. The summed E-state index contributed by atoms with van der Waals surface area (Å²) in [6.07, 6.45) is -3.06. The Bertz CT molecular complexity index is 437. The summed E-state index contributed by atoms with van der Waals surface area (Å²) in [5, 5.41) is 9.52. The van der Waals surface area contributed by atoms with Crippen molar-refractivity contribution in [3.8, 4) is 5.75 Å². The number of hydrogen-bond donors (Lipinski definition) is 1. The Morgan fingerprint density at radius 1 is 1.30 bits per heavy atom. The van der Waals surface area contributed by atoms with E-state index >= 15 is 0 Å². The number of β-amino-alcohol motifs (C(OH)–C–C–N with tert-alkyl or cyclic N) is 1. The van der Waals surface area contributed by atoms with Crippen molar-refractivity contribution in [3.63, 3.8) is 0 Å². The number of para-hydroxylation sites is 1. The molecule has 1 saturated heterocycles. The number of nitrogens with zero attached hydrogens (tertiary/aromatic N) is 1. The highest BCUT2D eigenvalue weighted by atomic mass is 19.4. The normalized spacial score (nSPS) is 20.9. The molecule has 0 radical (unpaired) electrons. The van der Waals surface area contributed by atoms with Gasteiger partial charge in [0.25, 0.3) is 0 Å². The molecule has 1 N–H and O–H groups in total. The van der Waals surface area contributed by atoms with Gasteiger partial charge in [-0.3, -0.25) is 4.90 Å². The highest BCUT2D eigenvalue weighted by Gasteiger charge is 2.34. The molecule has 1 fully saturated rings. The number of hydrogen-bond acceptors (Lipinski definition) is 3. The maximum atomic E-state index is 12.8. The van der Waals surface area contributed by atoms with Gasteiger partial charge in [-0.25, -0.2) is 0 Å². The second-order valence-corrected chi connectivity index (χ2v) is 4.94. The zero-order valence-corrected chi connectivity index (χ0v) is 11.1. The summed E-state index contributed by atoms with van der Waals surface area (Å²) in [7, 11) is 0. The van der Waals surface area contributed by atoms with Crippen LogP contribution in [0.4, 0.5) is 13.2 Å². The number of aliphatic hydroxyl groups excluding tert-OH is 1. The fraction of sp³-hybridized carbons (Fsp3) is 0.571. The Morgan fingerprint density at radius 3 is 2.75 bits per heavy atom. The van der Waals surface area contributed by atoms with Crippen molar-refractivity contribution >= 4 is 0 Å². The summed E-state index contributed by atoms with van der Waals surface area (Å²) in [6.45, 7) is 2.11. The molecule has 3 nitrogen and oxygen atoms in total. The first-order chi connectivity index (χ1) is 9.47. The van der Waals surface area contributed by atoms with Crippen LogP contribution in [0.1, 0.15) is 18.4 Å². The molecule has 20 heavy (non-hydrogen) atoms. The zero-order valence-electron chi connectivity index (χ0n) is 11.1. The van der Waals surface area contributed by atoms with Crippen LogP contribution in [0.3, 0.4) is 0 Å². The summed E-state index contributed by atoms with van der Waals surface area (Å²) >= 11 is 0. The average Bonchev–Trinajstić information content (AvgIpc) is 2.38. The Labute approximate surface area is 116 Å². The van der Waals surface area contributed by atoms with Gasteiger partial charge in [-0.2, -0.15) is 13.2 Å². The van der Waals surface area contributed by atoms with E-state index < -0.39 is 11.7 Å². The van der Waals surface area contributed by atoms with Crippen LogP contribution in [-0.4, -0.2) is 42.4 Å². The van der Waals surface area contributed by atoms with Crippen LogP contribution in [0.25, 0.3) is 0 Å². The Morgan fingerprint density at radius 2 is 2.05 bits per heavy atom. The second kappa shape index (κ2) is 6.45. The third-order valence-corrected chi connectivity index (χ3v) is 3.34. The molecule has 0 aromatic heterocycles. The van der Waals surface area contributed by atoms with Crippen LogP contribution < -0.4 is 4.74 Å². The van der Waals surface area contributed by atoms with Gasteiger partial charge in [0.05, 0.1) is 11.7 Å². The Balaban J connectivity index is 1.88. The standard InChI is InChI=1S/C14H18F3NO2/c15-14(16,17)12-5-1-2-6-13(12)20-9-8-18-7-3-4-11(19)10-18/h1-2,5-6,11,19H,3-4,7-10H2. The van der Waals surface area contributed by atoms with Crippen molar-refractivity contribution < 1.29 is 23.0 Å². The molecule has 1 unspecified atom stereocenters. The van der Waals surface area contributed by atoms with Crippen LogP contribution in [0.15, 0.2) is 24.3 Å². The maximum Gasteiger partial charge on any atom is 0.419 e. The van der Waals surface area contributed by atoms with Gasteiger partial charge in [0.1, 0.15) is 12.4 Å². The van der Waals surface area contributed by atoms with E-state index in [-0.39, 0.29) is 18.5 Å². The number of alkyl halides is 3. The van der Waals surface area contributed by atoms with Crippen LogP contribution >= 0.6 is 0 Å². The molecule has 0 saturated carbocycles. The molecule has 1 aromatic rings. The number of ether oxygens (including phenoxy) is 1. The minimum atomic E-state index is -4.40. The highest BCUT2D eigenvalue weighted by molar-refractivity contribution is 5.35. The molecule has 0 amide bonds. The van der Waals surface area contributed by atoms with Gasteiger partial charge in [-0.1, -0.05) is 12.1 Å². The first-order valence-corrected chi connectivity index (χ1v) is 6.66. The zero-order chi connectivity index (χ0) is 14.6. The summed E-state index contributed by atoms with van der Waals surface area (Å²) in [5.41, 5.74) is -0.751. The number of aliphatic hydroxyl groups is 1. The van der Waals surface area contributed by atoms with Crippen LogP contribution in [0, 0.1) is 0 Å². The van der Waals surface area contributed by atoms with Crippen molar-refractivity contribution in [3.05, 3.63) is 29.8 Å². The molecule has 1 aliphatic rings. The summed E-state index contributed by atoms with van der Waals surface area (Å²) in [6, 6.07) is 5.21. The number of halogens is 3. The summed E-state index contributed by atoms with van der Waals surface area (Å²) in [4.78, 5) is 2.00. The smallest absolute Gasteiger partial charge is 0.419 e. The number of rotatable bonds is 4. The molecular formula is C14H18F3NO2. The van der Waals surface area contributed by atoms with Gasteiger partial charge >= 0.3 is 6.18 Å². The second-order valence-electron chi connectivity index (χ2n) is 4.94. The molecule has 0 aliphatic carbocycles. The number of piperidine rings is 1. The topological polar surface area (TPSA) is 32.7 Å². The van der Waals surface area contributed by atoms with Gasteiger partial charge < -0.3 is 9.84 Å². The van der Waals surface area contributed by atoms with Crippen molar-refractivity contribution in [2.45, 2.75) is 25.1 Å². The van der Waals surface area contributed by atoms with Gasteiger partial charge in [0, 0.05) is 13.1 Å². The SMILES string of the molecule is OC1CCCN(CCOc2ccccc2C(F)(F)F)C1. The third-order valence-electron chi connectivity index (χ3n) is 3.34. The van der Waals surface area contributed by atoms with E-state index in [1.165, 1.54) is 18.2 Å². The predicted molar refractivity (Wildman–Crippen MR) is 68.6 cm³/mol. The summed E-state index contributed by atoms with van der Waals surface area (Å²) in [5.74, 6) is -0.141. The summed E-state index contributed by atoms with van der Waals surface area (Å²) < 4.78 is 43.5. The van der Waals surface area contributed by atoms with Crippen LogP contribution in [0.5, 0.6) is 5.75 Å². The van der Waals surface area contributed by atoms with Crippen molar-refractivity contribution in [2.24, 2.45) is 0 Å². The van der Waals surface area contributed by atoms with Crippen LogP contribution in [0.2, 0.25) is 0 Å². The molecule has 112 valence electrons. The molecule has 1 aromatic carbocycles. The molecular weight excluding hydrogens is 271 g/mol. The van der Waals surface area contributed by atoms with E-state index in [0.717, 1.165) is 25.5 Å². The molecule has 2 rings (SSSR count). The van der Waals surface area contributed by atoms with E-state index in [0.29, 0.717) is 13.1 Å². The predicted octanol–water partition coefficient (Wildman–Crippen LogP) is 2.54. The Kier molecular flexibility index (Phi) is 4.88. The Hall–Kier alpha value is -1.27. The van der Waals surface area contributed by atoms with Gasteiger partial charge in [0.2, 0.25) is 0 Å². The van der Waals surface area contributed by atoms with Crippen molar-refractivity contribution in [1.82, 2.24) is 4.90 Å². The average molecular weight is 289 g/mol. The fourth-order valence-electron chi connectivity index (χ4n) is 2.35. The fourth-order valence-corrected chi connectivity index (χ4v) is 2.35. The first-order valence-electron chi connectivity index (χ1n) is 6.66. The van der Waals surface area contributed by atoms with Crippen molar-refractivity contribution in [1.29, 1.82) is 0 Å². The minimum absolute atomic E-state index is 0.141. The van der Waals surface area contributed by atoms with Gasteiger partial charge in [0.15, 0.2) is 0 Å². The van der Waals surface area contributed by atoms with E-state index in [9.17, 15) is 18.3 Å². The van der Waals surface area contributed by atoms with E-state index in [1.807, 2.05) is 4.90 Å². The quantitative estimate of drug-likeness (QED) is 0.924. The van der Waals surface area contributed by atoms with Gasteiger partial charge in [-0.05, 0) is 31.5 Å². The monoisotopic (exact) mass is 289 g/mol. The molecule has 1 heterocycles. The van der Waals surface area contributed by atoms with Gasteiger partial charge in [-0.15, -0.1) is 0 Å². The maximum absolute atomic E-state index is 12.8.